The van der Waals surface area contributed by atoms with Crippen molar-refractivity contribution in [3.63, 3.8) is 0 Å². The number of oxazole rings is 1. The maximum absolute atomic E-state index is 5.92. The summed E-state index contributed by atoms with van der Waals surface area (Å²) in [5.74, 6) is 0.712. The molecule has 0 amide bonds. The van der Waals surface area contributed by atoms with Crippen LogP contribution >= 0.6 is 11.3 Å². The lowest BCUT2D eigenvalue weighted by atomic mass is 10.2. The summed E-state index contributed by atoms with van der Waals surface area (Å²) in [5.41, 5.74) is 8.09. The Morgan fingerprint density at radius 3 is 2.90 bits per heavy atom. The number of hydrogen-bond acceptors (Lipinski definition) is 5. The number of thiophene rings is 1. The van der Waals surface area contributed by atoms with E-state index in [1.165, 1.54) is 4.88 Å². The Bertz CT molecular complexity index is 720. The molecule has 1 aromatic carbocycles. The molecule has 0 saturated heterocycles. The summed E-state index contributed by atoms with van der Waals surface area (Å²) in [4.78, 5) is 8.15. The van der Waals surface area contributed by atoms with Crippen molar-refractivity contribution in [3.8, 4) is 0 Å². The third-order valence-corrected chi connectivity index (χ3v) is 4.61. The van der Waals surface area contributed by atoms with Crippen LogP contribution in [0, 0.1) is 0 Å². The summed E-state index contributed by atoms with van der Waals surface area (Å²) in [5, 5.41) is 2.12. The second-order valence-electron chi connectivity index (χ2n) is 5.35. The predicted molar refractivity (Wildman–Crippen MR) is 87.4 cm³/mol. The number of benzene rings is 1. The number of nitrogens with two attached hydrogens (primary N) is 1. The molecular formula is C16H19N3OS. The van der Waals surface area contributed by atoms with Gasteiger partial charge in [-0.2, -0.15) is 0 Å². The Balaban J connectivity index is 1.70. The summed E-state index contributed by atoms with van der Waals surface area (Å²) in [6, 6.07) is 10.3. The maximum atomic E-state index is 5.92. The Hall–Kier alpha value is -1.85. The standard InChI is InChI=1S/C16H19N3OS/c1-11(9-12-5-4-8-21-12)19(2)10-15-18-16-13(17)6-3-7-14(16)20-15/h3-8,11H,9-10,17H2,1-2H3. The van der Waals surface area contributed by atoms with E-state index in [9.17, 15) is 0 Å². The molecule has 0 radical (unpaired) electrons. The van der Waals surface area contributed by atoms with E-state index in [0.717, 1.165) is 17.5 Å². The highest BCUT2D eigenvalue weighted by molar-refractivity contribution is 7.09. The number of nitrogens with zero attached hydrogens (tertiary/aromatic N) is 2. The van der Waals surface area contributed by atoms with Gasteiger partial charge in [-0.3, -0.25) is 4.90 Å². The van der Waals surface area contributed by atoms with Gasteiger partial charge in [0, 0.05) is 10.9 Å². The van der Waals surface area contributed by atoms with Gasteiger partial charge >= 0.3 is 0 Å². The van der Waals surface area contributed by atoms with Gasteiger partial charge in [0.05, 0.1) is 12.2 Å². The number of rotatable bonds is 5. The van der Waals surface area contributed by atoms with Gasteiger partial charge in [0.25, 0.3) is 0 Å². The first-order chi connectivity index (χ1) is 10.1. The van der Waals surface area contributed by atoms with Gasteiger partial charge in [-0.25, -0.2) is 4.98 Å². The molecule has 5 heteroatoms. The molecule has 0 aliphatic heterocycles. The second kappa shape index (κ2) is 5.87. The zero-order valence-corrected chi connectivity index (χ0v) is 13.1. The largest absolute Gasteiger partial charge is 0.439 e. The summed E-state index contributed by atoms with van der Waals surface area (Å²) in [6.07, 6.45) is 1.04. The molecule has 0 saturated carbocycles. The van der Waals surface area contributed by atoms with E-state index < -0.39 is 0 Å². The molecule has 1 unspecified atom stereocenters. The van der Waals surface area contributed by atoms with Crippen LogP contribution in [0.1, 0.15) is 17.7 Å². The molecule has 0 aliphatic rings. The summed E-state index contributed by atoms with van der Waals surface area (Å²) in [7, 11) is 2.09. The molecule has 2 heterocycles. The molecule has 2 aromatic heterocycles. The number of likely N-dealkylation sites (N-methyl/N-ethyl adjacent to an activating group) is 1. The fourth-order valence-electron chi connectivity index (χ4n) is 2.33. The third-order valence-electron chi connectivity index (χ3n) is 3.71. The van der Waals surface area contributed by atoms with Crippen molar-refractivity contribution in [1.29, 1.82) is 0 Å². The van der Waals surface area contributed by atoms with E-state index in [2.05, 4.69) is 41.4 Å². The van der Waals surface area contributed by atoms with Crippen LogP contribution in [0.5, 0.6) is 0 Å². The first-order valence-electron chi connectivity index (χ1n) is 7.00. The van der Waals surface area contributed by atoms with Gasteiger partial charge in [0.2, 0.25) is 5.89 Å². The minimum absolute atomic E-state index is 0.427. The van der Waals surface area contributed by atoms with Crippen LogP contribution in [0.2, 0.25) is 0 Å². The number of para-hydroxylation sites is 1. The molecule has 3 rings (SSSR count). The van der Waals surface area contributed by atoms with Crippen LogP contribution in [0.4, 0.5) is 5.69 Å². The molecule has 4 nitrogen and oxygen atoms in total. The van der Waals surface area contributed by atoms with Crippen molar-refractivity contribution in [2.24, 2.45) is 0 Å². The highest BCUT2D eigenvalue weighted by Gasteiger charge is 2.15. The minimum atomic E-state index is 0.427. The molecule has 1 atom stereocenters. The van der Waals surface area contributed by atoms with E-state index in [-0.39, 0.29) is 0 Å². The first kappa shape index (κ1) is 14.1. The lowest BCUT2D eigenvalue weighted by Crippen LogP contribution is -2.30. The normalized spacial score (nSPS) is 13.1. The van der Waals surface area contributed by atoms with Gasteiger partial charge in [-0.1, -0.05) is 12.1 Å². The van der Waals surface area contributed by atoms with Crippen molar-refractivity contribution in [2.75, 3.05) is 12.8 Å². The van der Waals surface area contributed by atoms with E-state index in [1.807, 2.05) is 18.2 Å². The van der Waals surface area contributed by atoms with Crippen molar-refractivity contribution < 1.29 is 4.42 Å². The zero-order chi connectivity index (χ0) is 14.8. The van der Waals surface area contributed by atoms with Crippen LogP contribution in [0.15, 0.2) is 40.1 Å². The topological polar surface area (TPSA) is 55.3 Å². The molecule has 110 valence electrons. The van der Waals surface area contributed by atoms with E-state index in [1.54, 1.807) is 11.3 Å². The average Bonchev–Trinajstić information content (AvgIpc) is 3.08. The SMILES string of the molecule is CC(Cc1cccs1)N(C)Cc1nc2c(N)cccc2o1. The average molecular weight is 301 g/mol. The quantitative estimate of drug-likeness (QED) is 0.732. The fourth-order valence-corrected chi connectivity index (χ4v) is 3.15. The molecular weight excluding hydrogens is 282 g/mol. The van der Waals surface area contributed by atoms with Crippen LogP contribution in [0.25, 0.3) is 11.1 Å². The smallest absolute Gasteiger partial charge is 0.209 e. The van der Waals surface area contributed by atoms with Gasteiger partial charge in [0.15, 0.2) is 5.58 Å². The molecule has 21 heavy (non-hydrogen) atoms. The zero-order valence-electron chi connectivity index (χ0n) is 12.2. The summed E-state index contributed by atoms with van der Waals surface area (Å²) >= 11 is 1.80. The number of fused-ring (bicyclic) bond motifs is 1. The number of anilines is 1. The third kappa shape index (κ3) is 3.09. The number of aromatic nitrogens is 1. The maximum Gasteiger partial charge on any atom is 0.209 e. The molecule has 0 aliphatic carbocycles. The van der Waals surface area contributed by atoms with Crippen molar-refractivity contribution in [3.05, 3.63) is 46.5 Å². The monoisotopic (exact) mass is 301 g/mol. The van der Waals surface area contributed by atoms with Crippen molar-refractivity contribution in [1.82, 2.24) is 9.88 Å². The lowest BCUT2D eigenvalue weighted by Gasteiger charge is -2.22. The Morgan fingerprint density at radius 2 is 2.19 bits per heavy atom. The van der Waals surface area contributed by atoms with Gasteiger partial charge < -0.3 is 10.2 Å². The Kier molecular flexibility index (Phi) is 3.94. The van der Waals surface area contributed by atoms with Crippen LogP contribution < -0.4 is 5.73 Å². The number of nitrogen functional groups attached to an aromatic ring is 1. The molecule has 3 aromatic rings. The summed E-state index contributed by atoms with van der Waals surface area (Å²) < 4.78 is 5.77. The molecule has 0 fully saturated rings. The predicted octanol–water partition coefficient (Wildman–Crippen LogP) is 3.53. The summed E-state index contributed by atoms with van der Waals surface area (Å²) in [6.45, 7) is 2.90. The van der Waals surface area contributed by atoms with Gasteiger partial charge in [-0.05, 0) is 44.0 Å². The van der Waals surface area contributed by atoms with Crippen LogP contribution in [-0.2, 0) is 13.0 Å². The minimum Gasteiger partial charge on any atom is -0.439 e. The lowest BCUT2D eigenvalue weighted by molar-refractivity contribution is 0.227. The van der Waals surface area contributed by atoms with Crippen LogP contribution in [-0.4, -0.2) is 23.0 Å². The molecule has 0 spiro atoms. The first-order valence-corrected chi connectivity index (χ1v) is 7.88. The van der Waals surface area contributed by atoms with E-state index >= 15 is 0 Å². The van der Waals surface area contributed by atoms with Gasteiger partial charge in [0.1, 0.15) is 5.52 Å². The van der Waals surface area contributed by atoms with E-state index in [4.69, 9.17) is 10.2 Å². The van der Waals surface area contributed by atoms with Crippen molar-refractivity contribution >= 4 is 28.1 Å². The van der Waals surface area contributed by atoms with Crippen molar-refractivity contribution in [2.45, 2.75) is 25.9 Å². The van der Waals surface area contributed by atoms with Gasteiger partial charge in [-0.15, -0.1) is 11.3 Å². The number of hydrogen-bond donors (Lipinski definition) is 1. The van der Waals surface area contributed by atoms with Crippen LogP contribution in [0.3, 0.4) is 0 Å². The highest BCUT2D eigenvalue weighted by Crippen LogP contribution is 2.22. The molecule has 2 N–H and O–H groups in total. The fraction of sp³-hybridized carbons (Fsp3) is 0.312. The second-order valence-corrected chi connectivity index (χ2v) is 6.38. The molecule has 0 bridgehead atoms. The Labute approximate surface area is 128 Å². The Morgan fingerprint density at radius 1 is 1.33 bits per heavy atom. The highest BCUT2D eigenvalue weighted by atomic mass is 32.1. The van der Waals surface area contributed by atoms with E-state index in [0.29, 0.717) is 24.2 Å².